The molecule has 0 unspecified atom stereocenters. The van der Waals surface area contributed by atoms with Crippen LogP contribution in [0.25, 0.3) is 0 Å². The van der Waals surface area contributed by atoms with E-state index >= 15 is 0 Å². The molecule has 2 N–H and O–H groups in total. The summed E-state index contributed by atoms with van der Waals surface area (Å²) in [6.07, 6.45) is 6.35. The molecule has 17 heavy (non-hydrogen) atoms. The first-order valence-corrected chi connectivity index (χ1v) is 6.99. The van der Waals surface area contributed by atoms with Crippen LogP contribution in [-0.4, -0.2) is 25.5 Å². The zero-order valence-corrected chi connectivity index (χ0v) is 11.6. The zero-order chi connectivity index (χ0) is 12.7. The number of nitrogens with one attached hydrogen (secondary N) is 2. The molecule has 0 atom stereocenters. The van der Waals surface area contributed by atoms with Crippen molar-refractivity contribution in [2.24, 2.45) is 11.3 Å². The Labute approximate surface area is 106 Å². The lowest BCUT2D eigenvalue weighted by Gasteiger charge is -2.23. The SMILES string of the molecule is CC(C)CCNC(=O)CNCC1(C)CCCC1. The second kappa shape index (κ2) is 7.00. The van der Waals surface area contributed by atoms with Crippen LogP contribution in [0.4, 0.5) is 0 Å². The van der Waals surface area contributed by atoms with Crippen molar-refractivity contribution in [2.45, 2.75) is 52.9 Å². The van der Waals surface area contributed by atoms with Crippen LogP contribution in [0.5, 0.6) is 0 Å². The quantitative estimate of drug-likeness (QED) is 0.717. The molecular weight excluding hydrogens is 212 g/mol. The van der Waals surface area contributed by atoms with Crippen molar-refractivity contribution < 1.29 is 4.79 Å². The maximum absolute atomic E-state index is 11.5. The van der Waals surface area contributed by atoms with Gasteiger partial charge >= 0.3 is 0 Å². The van der Waals surface area contributed by atoms with E-state index in [0.717, 1.165) is 19.5 Å². The van der Waals surface area contributed by atoms with Crippen LogP contribution in [-0.2, 0) is 4.79 Å². The molecule has 0 aliphatic heterocycles. The summed E-state index contributed by atoms with van der Waals surface area (Å²) >= 11 is 0. The predicted molar refractivity (Wildman–Crippen MR) is 71.9 cm³/mol. The smallest absolute Gasteiger partial charge is 0.233 e. The Morgan fingerprint density at radius 3 is 2.53 bits per heavy atom. The first kappa shape index (κ1) is 14.5. The van der Waals surface area contributed by atoms with Crippen LogP contribution in [0.15, 0.2) is 0 Å². The molecule has 0 aromatic carbocycles. The van der Waals surface area contributed by atoms with Crippen molar-refractivity contribution in [1.82, 2.24) is 10.6 Å². The van der Waals surface area contributed by atoms with Gasteiger partial charge in [-0.2, -0.15) is 0 Å². The van der Waals surface area contributed by atoms with E-state index in [2.05, 4.69) is 31.4 Å². The third kappa shape index (κ3) is 6.06. The topological polar surface area (TPSA) is 41.1 Å². The van der Waals surface area contributed by atoms with Crippen LogP contribution in [0.3, 0.4) is 0 Å². The zero-order valence-electron chi connectivity index (χ0n) is 11.6. The Kier molecular flexibility index (Phi) is 5.96. The number of hydrogen-bond donors (Lipinski definition) is 2. The van der Waals surface area contributed by atoms with E-state index in [1.165, 1.54) is 25.7 Å². The molecule has 1 amide bonds. The summed E-state index contributed by atoms with van der Waals surface area (Å²) in [4.78, 5) is 11.5. The van der Waals surface area contributed by atoms with Crippen molar-refractivity contribution in [3.8, 4) is 0 Å². The van der Waals surface area contributed by atoms with E-state index in [4.69, 9.17) is 0 Å². The Morgan fingerprint density at radius 1 is 1.29 bits per heavy atom. The second-order valence-electron chi connectivity index (χ2n) is 6.15. The van der Waals surface area contributed by atoms with Crippen LogP contribution in [0.2, 0.25) is 0 Å². The molecule has 1 fully saturated rings. The highest BCUT2D eigenvalue weighted by molar-refractivity contribution is 5.77. The average Bonchev–Trinajstić information content (AvgIpc) is 2.65. The van der Waals surface area contributed by atoms with Gasteiger partial charge in [0.05, 0.1) is 6.54 Å². The minimum absolute atomic E-state index is 0.132. The first-order valence-electron chi connectivity index (χ1n) is 6.99. The third-order valence-electron chi connectivity index (χ3n) is 3.69. The Morgan fingerprint density at radius 2 is 1.94 bits per heavy atom. The minimum atomic E-state index is 0.132. The van der Waals surface area contributed by atoms with Gasteiger partial charge < -0.3 is 10.6 Å². The maximum Gasteiger partial charge on any atom is 0.233 e. The molecular formula is C14H28N2O. The van der Waals surface area contributed by atoms with Crippen molar-refractivity contribution in [1.29, 1.82) is 0 Å². The molecule has 0 heterocycles. The minimum Gasteiger partial charge on any atom is -0.355 e. The molecule has 1 rings (SSSR count). The van der Waals surface area contributed by atoms with E-state index < -0.39 is 0 Å². The van der Waals surface area contributed by atoms with Crippen LogP contribution < -0.4 is 10.6 Å². The summed E-state index contributed by atoms with van der Waals surface area (Å²) in [5.74, 6) is 0.785. The molecule has 0 aromatic heterocycles. The van der Waals surface area contributed by atoms with Crippen LogP contribution >= 0.6 is 0 Å². The monoisotopic (exact) mass is 240 g/mol. The molecule has 3 heteroatoms. The van der Waals surface area contributed by atoms with E-state index in [-0.39, 0.29) is 5.91 Å². The van der Waals surface area contributed by atoms with Gasteiger partial charge in [0.2, 0.25) is 5.91 Å². The van der Waals surface area contributed by atoms with Crippen LogP contribution in [0, 0.1) is 11.3 Å². The van der Waals surface area contributed by atoms with Gasteiger partial charge in [0, 0.05) is 13.1 Å². The largest absolute Gasteiger partial charge is 0.355 e. The average molecular weight is 240 g/mol. The van der Waals surface area contributed by atoms with Crippen LogP contribution in [0.1, 0.15) is 52.9 Å². The lowest BCUT2D eigenvalue weighted by molar-refractivity contribution is -0.120. The van der Waals surface area contributed by atoms with Gasteiger partial charge in [-0.15, -0.1) is 0 Å². The summed E-state index contributed by atoms with van der Waals surface area (Å²) in [6, 6.07) is 0. The van der Waals surface area contributed by atoms with Gasteiger partial charge in [-0.1, -0.05) is 33.6 Å². The molecule has 1 saturated carbocycles. The van der Waals surface area contributed by atoms with Crippen molar-refractivity contribution in [2.75, 3.05) is 19.6 Å². The summed E-state index contributed by atoms with van der Waals surface area (Å²) in [6.45, 7) is 8.91. The molecule has 0 aromatic rings. The number of rotatable bonds is 7. The number of carbonyl (C=O) groups excluding carboxylic acids is 1. The normalized spacial score (nSPS) is 18.6. The maximum atomic E-state index is 11.5. The van der Waals surface area contributed by atoms with E-state index in [9.17, 15) is 4.79 Å². The van der Waals surface area contributed by atoms with E-state index in [0.29, 0.717) is 17.9 Å². The highest BCUT2D eigenvalue weighted by Crippen LogP contribution is 2.36. The number of carbonyl (C=O) groups is 1. The lowest BCUT2D eigenvalue weighted by Crippen LogP contribution is -2.38. The summed E-state index contributed by atoms with van der Waals surface area (Å²) in [7, 11) is 0. The molecule has 0 radical (unpaired) electrons. The Bertz CT molecular complexity index is 232. The molecule has 1 aliphatic carbocycles. The molecule has 0 spiro atoms. The van der Waals surface area contributed by atoms with Gasteiger partial charge in [-0.3, -0.25) is 4.79 Å². The van der Waals surface area contributed by atoms with Gasteiger partial charge in [-0.05, 0) is 30.6 Å². The Balaban J connectivity index is 2.03. The fourth-order valence-electron chi connectivity index (χ4n) is 2.45. The first-order chi connectivity index (χ1) is 8.02. The summed E-state index contributed by atoms with van der Waals surface area (Å²) in [5, 5.41) is 6.24. The summed E-state index contributed by atoms with van der Waals surface area (Å²) < 4.78 is 0. The highest BCUT2D eigenvalue weighted by atomic mass is 16.1. The standard InChI is InChI=1S/C14H28N2O/c1-12(2)6-9-16-13(17)10-15-11-14(3)7-4-5-8-14/h12,15H,4-11H2,1-3H3,(H,16,17). The molecule has 100 valence electrons. The Hall–Kier alpha value is -0.570. The summed E-state index contributed by atoms with van der Waals surface area (Å²) in [5.41, 5.74) is 0.429. The fourth-order valence-corrected chi connectivity index (χ4v) is 2.45. The second-order valence-corrected chi connectivity index (χ2v) is 6.15. The van der Waals surface area contributed by atoms with E-state index in [1.807, 2.05) is 0 Å². The lowest BCUT2D eigenvalue weighted by atomic mass is 9.89. The van der Waals surface area contributed by atoms with E-state index in [1.54, 1.807) is 0 Å². The molecule has 3 nitrogen and oxygen atoms in total. The van der Waals surface area contributed by atoms with Gasteiger partial charge in [0.1, 0.15) is 0 Å². The van der Waals surface area contributed by atoms with Crippen molar-refractivity contribution in [3.63, 3.8) is 0 Å². The van der Waals surface area contributed by atoms with Gasteiger partial charge in [0.25, 0.3) is 0 Å². The number of hydrogen-bond acceptors (Lipinski definition) is 2. The van der Waals surface area contributed by atoms with Gasteiger partial charge in [0.15, 0.2) is 0 Å². The highest BCUT2D eigenvalue weighted by Gasteiger charge is 2.27. The predicted octanol–water partition coefficient (Wildman–Crippen LogP) is 2.32. The molecule has 0 bridgehead atoms. The third-order valence-corrected chi connectivity index (χ3v) is 3.69. The molecule has 0 saturated heterocycles. The fraction of sp³-hybridized carbons (Fsp3) is 0.929. The van der Waals surface area contributed by atoms with Gasteiger partial charge in [-0.25, -0.2) is 0 Å². The van der Waals surface area contributed by atoms with Crippen molar-refractivity contribution >= 4 is 5.91 Å². The van der Waals surface area contributed by atoms with Crippen molar-refractivity contribution in [3.05, 3.63) is 0 Å². The molecule has 1 aliphatic rings. The number of amides is 1.